The van der Waals surface area contributed by atoms with E-state index in [4.69, 9.17) is 5.11 Å². The Labute approximate surface area is 119 Å². The molecule has 0 fully saturated rings. The second-order valence-electron chi connectivity index (χ2n) is 5.14. The summed E-state index contributed by atoms with van der Waals surface area (Å²) in [6.45, 7) is 4.32. The highest BCUT2D eigenvalue weighted by molar-refractivity contribution is 5.75. The molecule has 0 aromatic heterocycles. The quantitative estimate of drug-likeness (QED) is 0.717. The summed E-state index contributed by atoms with van der Waals surface area (Å²) < 4.78 is 0. The highest BCUT2D eigenvalue weighted by atomic mass is 16.4. The number of nitrogens with one attached hydrogen (secondary N) is 2. The average Bonchev–Trinajstić information content (AvgIpc) is 2.38. The highest BCUT2D eigenvalue weighted by Crippen LogP contribution is 2.20. The van der Waals surface area contributed by atoms with E-state index in [1.54, 1.807) is 0 Å². The predicted octanol–water partition coefficient (Wildman–Crippen LogP) is 2.55. The molecule has 0 aliphatic heterocycles. The van der Waals surface area contributed by atoms with Crippen molar-refractivity contribution >= 4 is 12.0 Å². The zero-order valence-electron chi connectivity index (χ0n) is 11.9. The van der Waals surface area contributed by atoms with Crippen LogP contribution in [-0.2, 0) is 4.79 Å². The number of carbonyl (C=O) groups excluding carboxylic acids is 1. The summed E-state index contributed by atoms with van der Waals surface area (Å²) in [6.07, 6.45) is 0.754. The highest BCUT2D eigenvalue weighted by Gasteiger charge is 2.15. The van der Waals surface area contributed by atoms with E-state index < -0.39 is 5.97 Å². The van der Waals surface area contributed by atoms with Crippen molar-refractivity contribution in [2.45, 2.75) is 32.7 Å². The van der Waals surface area contributed by atoms with Gasteiger partial charge in [0.2, 0.25) is 0 Å². The summed E-state index contributed by atoms with van der Waals surface area (Å²) >= 11 is 0. The van der Waals surface area contributed by atoms with Crippen molar-refractivity contribution in [3.05, 3.63) is 35.9 Å². The summed E-state index contributed by atoms with van der Waals surface area (Å²) in [4.78, 5) is 22.2. The Kier molecular flexibility index (Phi) is 6.56. The van der Waals surface area contributed by atoms with Gasteiger partial charge in [0.1, 0.15) is 0 Å². The molecule has 0 spiro atoms. The van der Waals surface area contributed by atoms with Crippen molar-refractivity contribution in [2.75, 3.05) is 6.54 Å². The Bertz CT molecular complexity index is 432. The fraction of sp³-hybridized carbons (Fsp3) is 0.467. The second kappa shape index (κ2) is 8.19. The van der Waals surface area contributed by atoms with E-state index >= 15 is 0 Å². The number of rotatable bonds is 7. The summed E-state index contributed by atoms with van der Waals surface area (Å²) in [5.74, 6) is -0.480. The van der Waals surface area contributed by atoms with Gasteiger partial charge >= 0.3 is 12.0 Å². The lowest BCUT2D eigenvalue weighted by Crippen LogP contribution is -2.39. The predicted molar refractivity (Wildman–Crippen MR) is 77.4 cm³/mol. The normalized spacial score (nSPS) is 11.9. The van der Waals surface area contributed by atoms with Crippen molar-refractivity contribution in [1.29, 1.82) is 0 Å². The van der Waals surface area contributed by atoms with Crippen LogP contribution in [-0.4, -0.2) is 23.7 Å². The van der Waals surface area contributed by atoms with Gasteiger partial charge < -0.3 is 15.7 Å². The van der Waals surface area contributed by atoms with Crippen molar-refractivity contribution in [1.82, 2.24) is 10.6 Å². The Morgan fingerprint density at radius 1 is 1.20 bits per heavy atom. The molecule has 20 heavy (non-hydrogen) atoms. The standard InChI is InChI=1S/C15H22N2O3/c1-11(2)10-13(12-6-4-3-5-7-12)17-15(20)16-9-8-14(18)19/h3-7,11,13H,8-10H2,1-2H3,(H,18,19)(H2,16,17,20). The molecule has 0 aliphatic carbocycles. The number of benzene rings is 1. The van der Waals surface area contributed by atoms with Crippen molar-refractivity contribution < 1.29 is 14.7 Å². The third kappa shape index (κ3) is 6.22. The molecule has 5 nitrogen and oxygen atoms in total. The zero-order valence-corrected chi connectivity index (χ0v) is 11.9. The van der Waals surface area contributed by atoms with E-state index in [9.17, 15) is 9.59 Å². The smallest absolute Gasteiger partial charge is 0.315 e. The van der Waals surface area contributed by atoms with E-state index in [-0.39, 0.29) is 25.0 Å². The van der Waals surface area contributed by atoms with Gasteiger partial charge in [-0.1, -0.05) is 44.2 Å². The van der Waals surface area contributed by atoms with Crippen LogP contribution in [0.1, 0.15) is 38.3 Å². The fourth-order valence-electron chi connectivity index (χ4n) is 1.93. The number of aliphatic carboxylic acids is 1. The van der Waals surface area contributed by atoms with Gasteiger partial charge in [-0.15, -0.1) is 0 Å². The van der Waals surface area contributed by atoms with Gasteiger partial charge in [0.15, 0.2) is 0 Å². The van der Waals surface area contributed by atoms with Gasteiger partial charge in [-0.25, -0.2) is 4.79 Å². The molecule has 0 aliphatic rings. The average molecular weight is 278 g/mol. The summed E-state index contributed by atoms with van der Waals surface area (Å²) in [6, 6.07) is 9.36. The second-order valence-corrected chi connectivity index (χ2v) is 5.14. The number of amides is 2. The Morgan fingerprint density at radius 3 is 2.40 bits per heavy atom. The maximum atomic E-state index is 11.8. The Morgan fingerprint density at radius 2 is 1.85 bits per heavy atom. The molecule has 110 valence electrons. The van der Waals surface area contributed by atoms with Gasteiger partial charge in [-0.05, 0) is 17.9 Å². The van der Waals surface area contributed by atoms with Crippen LogP contribution in [0, 0.1) is 5.92 Å². The lowest BCUT2D eigenvalue weighted by Gasteiger charge is -2.21. The minimum Gasteiger partial charge on any atom is -0.481 e. The van der Waals surface area contributed by atoms with Gasteiger partial charge in [0, 0.05) is 6.54 Å². The monoisotopic (exact) mass is 278 g/mol. The van der Waals surface area contributed by atoms with Crippen molar-refractivity contribution in [2.24, 2.45) is 5.92 Å². The third-order valence-electron chi connectivity index (χ3n) is 2.84. The van der Waals surface area contributed by atoms with Crippen LogP contribution >= 0.6 is 0 Å². The van der Waals surface area contributed by atoms with Crippen LogP contribution in [0.2, 0.25) is 0 Å². The summed E-state index contributed by atoms with van der Waals surface area (Å²) in [5, 5.41) is 14.0. The van der Waals surface area contributed by atoms with E-state index in [1.165, 1.54) is 0 Å². The molecule has 1 aromatic carbocycles. The first kappa shape index (κ1) is 16.0. The Balaban J connectivity index is 2.57. The molecule has 3 N–H and O–H groups in total. The maximum Gasteiger partial charge on any atom is 0.315 e. The van der Waals surface area contributed by atoms with E-state index in [0.29, 0.717) is 5.92 Å². The van der Waals surface area contributed by atoms with Gasteiger partial charge in [-0.2, -0.15) is 0 Å². The maximum absolute atomic E-state index is 11.8. The fourth-order valence-corrected chi connectivity index (χ4v) is 1.93. The van der Waals surface area contributed by atoms with E-state index in [2.05, 4.69) is 24.5 Å². The molecular weight excluding hydrogens is 256 g/mol. The van der Waals surface area contributed by atoms with Crippen molar-refractivity contribution in [3.63, 3.8) is 0 Å². The van der Waals surface area contributed by atoms with Gasteiger partial charge in [0.25, 0.3) is 0 Å². The largest absolute Gasteiger partial charge is 0.481 e. The first-order chi connectivity index (χ1) is 9.49. The minimum absolute atomic E-state index is 0.0685. The van der Waals surface area contributed by atoms with Crippen molar-refractivity contribution in [3.8, 4) is 0 Å². The zero-order chi connectivity index (χ0) is 15.0. The van der Waals surface area contributed by atoms with Gasteiger partial charge in [0.05, 0.1) is 12.5 Å². The lowest BCUT2D eigenvalue weighted by molar-refractivity contribution is -0.136. The molecule has 5 heteroatoms. The van der Waals surface area contributed by atoms with Gasteiger partial charge in [-0.3, -0.25) is 4.79 Å². The molecule has 1 atom stereocenters. The molecule has 0 saturated carbocycles. The minimum atomic E-state index is -0.924. The molecule has 1 rings (SSSR count). The summed E-state index contributed by atoms with van der Waals surface area (Å²) in [5.41, 5.74) is 1.05. The topological polar surface area (TPSA) is 78.4 Å². The number of carboxylic acid groups (broad SMARTS) is 1. The number of carbonyl (C=O) groups is 2. The molecule has 0 heterocycles. The Hall–Kier alpha value is -2.04. The first-order valence-electron chi connectivity index (χ1n) is 6.80. The number of urea groups is 1. The molecule has 1 unspecified atom stereocenters. The van der Waals surface area contributed by atoms with Crippen LogP contribution in [0.25, 0.3) is 0 Å². The molecule has 1 aromatic rings. The van der Waals surface area contributed by atoms with E-state index in [1.807, 2.05) is 30.3 Å². The third-order valence-corrected chi connectivity index (χ3v) is 2.84. The molecule has 0 saturated heterocycles. The number of carboxylic acids is 1. The molecular formula is C15H22N2O3. The number of hydrogen-bond donors (Lipinski definition) is 3. The molecule has 0 bridgehead atoms. The lowest BCUT2D eigenvalue weighted by atomic mass is 9.97. The first-order valence-corrected chi connectivity index (χ1v) is 6.80. The number of hydrogen-bond acceptors (Lipinski definition) is 2. The van der Waals surface area contributed by atoms with Crippen LogP contribution in [0.5, 0.6) is 0 Å². The van der Waals surface area contributed by atoms with Crippen LogP contribution in [0.15, 0.2) is 30.3 Å². The SMILES string of the molecule is CC(C)CC(NC(=O)NCCC(=O)O)c1ccccc1. The molecule has 0 radical (unpaired) electrons. The van der Waals surface area contributed by atoms with E-state index in [0.717, 1.165) is 12.0 Å². The summed E-state index contributed by atoms with van der Waals surface area (Å²) in [7, 11) is 0. The van der Waals surface area contributed by atoms with Crippen LogP contribution in [0.4, 0.5) is 4.79 Å². The molecule has 2 amide bonds. The van der Waals surface area contributed by atoms with Crippen LogP contribution in [0.3, 0.4) is 0 Å². The van der Waals surface area contributed by atoms with Crippen LogP contribution < -0.4 is 10.6 Å².